The van der Waals surface area contributed by atoms with Crippen LogP contribution in [0.3, 0.4) is 0 Å². The Morgan fingerprint density at radius 2 is 2.08 bits per heavy atom. The third-order valence-electron chi connectivity index (χ3n) is 5.09. The first-order valence-corrected chi connectivity index (χ1v) is 10.4. The van der Waals surface area contributed by atoms with Crippen LogP contribution in [0.4, 0.5) is 0 Å². The number of amides is 2. The van der Waals surface area contributed by atoms with Gasteiger partial charge in [0.25, 0.3) is 0 Å². The molecule has 3 atom stereocenters. The first-order chi connectivity index (χ1) is 12.4. The maximum absolute atomic E-state index is 12.4. The lowest BCUT2D eigenvalue weighted by Crippen LogP contribution is -2.37. The van der Waals surface area contributed by atoms with Crippen LogP contribution in [0.5, 0.6) is 0 Å². The van der Waals surface area contributed by atoms with E-state index in [0.717, 1.165) is 36.6 Å². The second-order valence-corrected chi connectivity index (χ2v) is 8.57. The monoisotopic (exact) mass is 379 g/mol. The lowest BCUT2D eigenvalue weighted by molar-refractivity contribution is -0.130. The molecule has 1 N–H and O–H groups in total. The van der Waals surface area contributed by atoms with Crippen LogP contribution < -0.4 is 5.32 Å². The molecule has 7 heteroatoms. The minimum absolute atomic E-state index is 0.105. The third-order valence-corrected chi connectivity index (χ3v) is 6.12. The number of hydrogen-bond acceptors (Lipinski definition) is 5. The highest BCUT2D eigenvalue weighted by Crippen LogP contribution is 2.45. The largest absolute Gasteiger partial charge is 0.379 e. The highest BCUT2D eigenvalue weighted by atomic mass is 32.1. The van der Waals surface area contributed by atoms with Crippen molar-refractivity contribution in [1.82, 2.24) is 15.2 Å². The average molecular weight is 380 g/mol. The number of rotatable bonds is 9. The molecular weight excluding hydrogens is 350 g/mol. The summed E-state index contributed by atoms with van der Waals surface area (Å²) in [6.45, 7) is 8.15. The fourth-order valence-electron chi connectivity index (χ4n) is 3.64. The molecule has 3 rings (SSSR count). The van der Waals surface area contributed by atoms with Crippen molar-refractivity contribution < 1.29 is 14.3 Å². The Labute approximate surface area is 159 Å². The number of hydrogen-bond donors (Lipinski definition) is 1. The number of fused-ring (bicyclic) bond motifs is 1. The molecule has 2 amide bonds. The van der Waals surface area contributed by atoms with Gasteiger partial charge in [-0.2, -0.15) is 0 Å². The molecule has 1 saturated carbocycles. The van der Waals surface area contributed by atoms with E-state index in [1.54, 1.807) is 11.3 Å². The molecule has 6 nitrogen and oxygen atoms in total. The topological polar surface area (TPSA) is 71.5 Å². The van der Waals surface area contributed by atoms with Gasteiger partial charge >= 0.3 is 0 Å². The fraction of sp³-hybridized carbons (Fsp3) is 0.737. The molecule has 1 unspecified atom stereocenters. The van der Waals surface area contributed by atoms with Gasteiger partial charge in [0.2, 0.25) is 11.8 Å². The molecule has 0 spiro atoms. The smallest absolute Gasteiger partial charge is 0.223 e. The van der Waals surface area contributed by atoms with Crippen molar-refractivity contribution in [3.05, 3.63) is 16.1 Å². The fourth-order valence-corrected chi connectivity index (χ4v) is 4.42. The summed E-state index contributed by atoms with van der Waals surface area (Å²) in [7, 11) is 0. The summed E-state index contributed by atoms with van der Waals surface area (Å²) in [6.07, 6.45) is 2.73. The Bertz CT molecular complexity index is 634. The predicted molar refractivity (Wildman–Crippen MR) is 101 cm³/mol. The molecule has 1 aromatic heterocycles. The molecule has 1 aromatic rings. The van der Waals surface area contributed by atoms with E-state index in [1.165, 1.54) is 0 Å². The van der Waals surface area contributed by atoms with Crippen molar-refractivity contribution in [2.75, 3.05) is 19.7 Å². The minimum Gasteiger partial charge on any atom is -0.379 e. The summed E-state index contributed by atoms with van der Waals surface area (Å²) in [6, 6.07) is 0.263. The van der Waals surface area contributed by atoms with Crippen molar-refractivity contribution in [3.63, 3.8) is 0 Å². The van der Waals surface area contributed by atoms with Gasteiger partial charge in [-0.1, -0.05) is 0 Å². The van der Waals surface area contributed by atoms with E-state index in [-0.39, 0.29) is 24.0 Å². The first-order valence-electron chi connectivity index (χ1n) is 9.53. The molecule has 1 saturated heterocycles. The van der Waals surface area contributed by atoms with Gasteiger partial charge in [-0.25, -0.2) is 4.98 Å². The lowest BCUT2D eigenvalue weighted by atomic mass is 10.2. The Kier molecular flexibility index (Phi) is 6.29. The van der Waals surface area contributed by atoms with Crippen LogP contribution in [0.1, 0.15) is 43.8 Å². The zero-order chi connectivity index (χ0) is 18.7. The van der Waals surface area contributed by atoms with Gasteiger partial charge < -0.3 is 15.0 Å². The predicted octanol–water partition coefficient (Wildman–Crippen LogP) is 2.16. The van der Waals surface area contributed by atoms with E-state index in [9.17, 15) is 9.59 Å². The van der Waals surface area contributed by atoms with Gasteiger partial charge in [-0.05, 0) is 27.2 Å². The van der Waals surface area contributed by atoms with E-state index in [2.05, 4.69) is 10.3 Å². The Balaban J connectivity index is 1.31. The molecule has 144 valence electrons. The van der Waals surface area contributed by atoms with E-state index < -0.39 is 0 Å². The van der Waals surface area contributed by atoms with Crippen LogP contribution in [0.25, 0.3) is 0 Å². The van der Waals surface area contributed by atoms with Crippen LogP contribution in [-0.4, -0.2) is 53.5 Å². The van der Waals surface area contributed by atoms with Gasteiger partial charge in [0, 0.05) is 67.9 Å². The Morgan fingerprint density at radius 1 is 1.35 bits per heavy atom. The molecule has 2 fully saturated rings. The van der Waals surface area contributed by atoms with E-state index in [4.69, 9.17) is 4.74 Å². The van der Waals surface area contributed by atoms with Gasteiger partial charge in [-0.3, -0.25) is 9.59 Å². The standard InChI is InChI=1S/C19H29N3O3S/c1-12(2)25-8-4-5-16(23)21-19-14-9-22(10-15(14)19)18(24)7-6-17-20-13(3)11-26-17/h11-12,14-15,19H,4-10H2,1-3H3,(H,21,23)/t14-,15+,19?. The van der Waals surface area contributed by atoms with Crippen LogP contribution >= 0.6 is 11.3 Å². The number of nitrogens with zero attached hydrogens (tertiary/aromatic N) is 2. The number of nitrogens with one attached hydrogen (secondary N) is 1. The normalized spacial score (nSPS) is 24.0. The molecule has 26 heavy (non-hydrogen) atoms. The van der Waals surface area contributed by atoms with Crippen LogP contribution in [-0.2, 0) is 20.7 Å². The zero-order valence-corrected chi connectivity index (χ0v) is 16.7. The maximum Gasteiger partial charge on any atom is 0.223 e. The summed E-state index contributed by atoms with van der Waals surface area (Å²) < 4.78 is 5.46. The molecule has 0 radical (unpaired) electrons. The lowest BCUT2D eigenvalue weighted by Gasteiger charge is -2.20. The average Bonchev–Trinajstić information content (AvgIpc) is 2.96. The number of aromatic nitrogens is 1. The van der Waals surface area contributed by atoms with Gasteiger partial charge in [0.1, 0.15) is 0 Å². The second kappa shape index (κ2) is 8.48. The maximum atomic E-state index is 12.4. The highest BCUT2D eigenvalue weighted by Gasteiger charge is 2.57. The van der Waals surface area contributed by atoms with E-state index in [0.29, 0.717) is 31.3 Å². The van der Waals surface area contributed by atoms with Crippen LogP contribution in [0.15, 0.2) is 5.38 Å². The third kappa shape index (κ3) is 5.04. The van der Waals surface area contributed by atoms with Crippen molar-refractivity contribution >= 4 is 23.2 Å². The summed E-state index contributed by atoms with van der Waals surface area (Å²) >= 11 is 1.62. The molecule has 1 aliphatic carbocycles. The number of carbonyl (C=O) groups is 2. The zero-order valence-electron chi connectivity index (χ0n) is 15.9. The summed E-state index contributed by atoms with van der Waals surface area (Å²) in [5.74, 6) is 1.20. The summed E-state index contributed by atoms with van der Waals surface area (Å²) in [4.78, 5) is 30.7. The van der Waals surface area contributed by atoms with Crippen LogP contribution in [0.2, 0.25) is 0 Å². The molecular formula is C19H29N3O3S. The quantitative estimate of drug-likeness (QED) is 0.668. The summed E-state index contributed by atoms with van der Waals surface area (Å²) in [5, 5.41) is 6.18. The SMILES string of the molecule is Cc1csc(CCC(=O)N2C[C@@H]3C(NC(=O)CCCOC(C)C)[C@@H]3C2)n1. The molecule has 2 aliphatic rings. The highest BCUT2D eigenvalue weighted by molar-refractivity contribution is 7.09. The molecule has 0 bridgehead atoms. The van der Waals surface area contributed by atoms with Crippen molar-refractivity contribution in [1.29, 1.82) is 0 Å². The number of carbonyl (C=O) groups excluding carboxylic acids is 2. The number of ether oxygens (including phenoxy) is 1. The van der Waals surface area contributed by atoms with Crippen molar-refractivity contribution in [2.24, 2.45) is 11.8 Å². The second-order valence-electron chi connectivity index (χ2n) is 7.63. The number of aryl methyl sites for hydroxylation is 2. The molecule has 2 heterocycles. The van der Waals surface area contributed by atoms with Gasteiger partial charge in [-0.15, -0.1) is 11.3 Å². The van der Waals surface area contributed by atoms with Crippen LogP contribution in [0, 0.1) is 18.8 Å². The summed E-state index contributed by atoms with van der Waals surface area (Å²) in [5.41, 5.74) is 1.02. The molecule has 1 aliphatic heterocycles. The Morgan fingerprint density at radius 3 is 2.69 bits per heavy atom. The number of likely N-dealkylation sites (tertiary alicyclic amines) is 1. The minimum atomic E-state index is 0.105. The van der Waals surface area contributed by atoms with E-state index >= 15 is 0 Å². The van der Waals surface area contributed by atoms with Gasteiger partial charge in [0.05, 0.1) is 11.1 Å². The first kappa shape index (κ1) is 19.3. The van der Waals surface area contributed by atoms with Gasteiger partial charge in [0.15, 0.2) is 0 Å². The number of piperidine rings is 1. The van der Waals surface area contributed by atoms with Crippen molar-refractivity contribution in [3.8, 4) is 0 Å². The van der Waals surface area contributed by atoms with Crippen molar-refractivity contribution in [2.45, 2.75) is 58.6 Å². The molecule has 0 aromatic carbocycles. The van der Waals surface area contributed by atoms with E-state index in [1.807, 2.05) is 31.1 Å². The Hall–Kier alpha value is -1.47. The number of thiazole rings is 1.